The zero-order chi connectivity index (χ0) is 21.1. The minimum Gasteiger partial charge on any atom is -0.507 e. The highest BCUT2D eigenvalue weighted by Gasteiger charge is 2.44. The molecule has 6 nitrogen and oxygen atoms in total. The predicted octanol–water partition coefficient (Wildman–Crippen LogP) is 3.62. The van der Waals surface area contributed by atoms with E-state index in [9.17, 15) is 14.7 Å². The second-order valence-corrected chi connectivity index (χ2v) is 6.79. The molecule has 2 aromatic rings. The van der Waals surface area contributed by atoms with Crippen LogP contribution in [0.1, 0.15) is 22.7 Å². The van der Waals surface area contributed by atoms with Crippen LogP contribution in [0.3, 0.4) is 0 Å². The average Bonchev–Trinajstić information content (AvgIpc) is 2.95. The molecular formula is C23H23NO5. The number of carbonyl (C=O) groups is 2. The maximum atomic E-state index is 12.8. The first kappa shape index (κ1) is 20.2. The number of methoxy groups -OCH3 is 1. The lowest BCUT2D eigenvalue weighted by Crippen LogP contribution is -2.24. The van der Waals surface area contributed by atoms with Gasteiger partial charge in [0.15, 0.2) is 0 Å². The SMILES string of the molecule is C=CCOc1cccc(C2/C(=C(\O)c3cc(C)ccc3OC)C(=O)C(=O)N2C)c1. The average molecular weight is 393 g/mol. The predicted molar refractivity (Wildman–Crippen MR) is 110 cm³/mol. The molecule has 1 saturated heterocycles. The fourth-order valence-electron chi connectivity index (χ4n) is 3.42. The van der Waals surface area contributed by atoms with Crippen molar-refractivity contribution in [2.24, 2.45) is 0 Å². The van der Waals surface area contributed by atoms with Gasteiger partial charge in [-0.1, -0.05) is 36.4 Å². The number of ketones is 1. The fraction of sp³-hybridized carbons (Fsp3) is 0.217. The quantitative estimate of drug-likeness (QED) is 0.351. The molecular weight excluding hydrogens is 370 g/mol. The lowest BCUT2D eigenvalue weighted by molar-refractivity contribution is -0.139. The van der Waals surface area contributed by atoms with Crippen molar-refractivity contribution in [3.05, 3.63) is 77.4 Å². The maximum Gasteiger partial charge on any atom is 0.295 e. The Morgan fingerprint density at radius 1 is 1.24 bits per heavy atom. The number of likely N-dealkylation sites (N-methyl/N-ethyl adjacent to an activating group) is 1. The van der Waals surface area contributed by atoms with Crippen LogP contribution in [-0.4, -0.2) is 42.5 Å². The summed E-state index contributed by atoms with van der Waals surface area (Å²) < 4.78 is 10.9. The number of amides is 1. The number of aliphatic hydroxyl groups excluding tert-OH is 1. The van der Waals surface area contributed by atoms with Gasteiger partial charge in [0.25, 0.3) is 11.7 Å². The minimum atomic E-state index is -0.743. The molecule has 3 rings (SSSR count). The van der Waals surface area contributed by atoms with Crippen LogP contribution in [0.4, 0.5) is 0 Å². The van der Waals surface area contributed by atoms with Crippen LogP contribution in [0.5, 0.6) is 11.5 Å². The lowest BCUT2D eigenvalue weighted by atomic mass is 9.94. The molecule has 1 unspecified atom stereocenters. The van der Waals surface area contributed by atoms with Crippen LogP contribution in [-0.2, 0) is 9.59 Å². The highest BCUT2D eigenvalue weighted by molar-refractivity contribution is 6.46. The molecule has 0 radical (unpaired) electrons. The van der Waals surface area contributed by atoms with Crippen molar-refractivity contribution in [1.29, 1.82) is 0 Å². The van der Waals surface area contributed by atoms with Gasteiger partial charge in [-0.2, -0.15) is 0 Å². The van der Waals surface area contributed by atoms with Gasteiger partial charge in [-0.05, 0) is 36.8 Å². The van der Waals surface area contributed by atoms with Gasteiger partial charge in [0, 0.05) is 7.05 Å². The molecule has 6 heteroatoms. The summed E-state index contributed by atoms with van der Waals surface area (Å²) in [6, 6.07) is 11.6. The third kappa shape index (κ3) is 3.74. The summed E-state index contributed by atoms with van der Waals surface area (Å²) in [4.78, 5) is 26.6. The van der Waals surface area contributed by atoms with Crippen molar-refractivity contribution >= 4 is 17.4 Å². The second-order valence-electron chi connectivity index (χ2n) is 6.79. The fourth-order valence-corrected chi connectivity index (χ4v) is 3.42. The largest absolute Gasteiger partial charge is 0.507 e. The van der Waals surface area contributed by atoms with Crippen molar-refractivity contribution in [2.75, 3.05) is 20.8 Å². The topological polar surface area (TPSA) is 76.1 Å². The van der Waals surface area contributed by atoms with Crippen molar-refractivity contribution in [2.45, 2.75) is 13.0 Å². The molecule has 1 heterocycles. The summed E-state index contributed by atoms with van der Waals surface area (Å²) in [5.41, 5.74) is 1.92. The van der Waals surface area contributed by atoms with Gasteiger partial charge < -0.3 is 19.5 Å². The van der Waals surface area contributed by atoms with E-state index in [1.54, 1.807) is 42.5 Å². The first-order chi connectivity index (χ1) is 13.9. The maximum absolute atomic E-state index is 12.8. The number of hydrogen-bond donors (Lipinski definition) is 1. The zero-order valence-electron chi connectivity index (χ0n) is 16.6. The Labute approximate surface area is 169 Å². The number of Topliss-reactive ketones (excluding diaryl/α,β-unsaturated/α-hetero) is 1. The normalized spacial score (nSPS) is 18.0. The third-order valence-electron chi connectivity index (χ3n) is 4.83. The van der Waals surface area contributed by atoms with Gasteiger partial charge in [0.2, 0.25) is 0 Å². The molecule has 1 aliphatic heterocycles. The summed E-state index contributed by atoms with van der Waals surface area (Å²) in [6.07, 6.45) is 1.63. The molecule has 2 aromatic carbocycles. The van der Waals surface area contributed by atoms with E-state index in [0.29, 0.717) is 29.2 Å². The van der Waals surface area contributed by atoms with Gasteiger partial charge in [0.05, 0.1) is 24.3 Å². The Hall–Kier alpha value is -3.54. The Morgan fingerprint density at radius 3 is 2.69 bits per heavy atom. The number of rotatable bonds is 6. The van der Waals surface area contributed by atoms with Crippen LogP contribution in [0, 0.1) is 6.92 Å². The van der Waals surface area contributed by atoms with Crippen molar-refractivity contribution in [3.63, 3.8) is 0 Å². The number of carbonyl (C=O) groups excluding carboxylic acids is 2. The Bertz CT molecular complexity index is 1010. The van der Waals surface area contributed by atoms with Gasteiger partial charge in [-0.15, -0.1) is 0 Å². The Morgan fingerprint density at radius 2 is 2.00 bits per heavy atom. The number of aryl methyl sites for hydroxylation is 1. The van der Waals surface area contributed by atoms with E-state index in [1.807, 2.05) is 13.0 Å². The van der Waals surface area contributed by atoms with E-state index in [4.69, 9.17) is 9.47 Å². The van der Waals surface area contributed by atoms with Crippen LogP contribution in [0.25, 0.3) is 5.76 Å². The molecule has 0 aliphatic carbocycles. The highest BCUT2D eigenvalue weighted by atomic mass is 16.5. The van der Waals surface area contributed by atoms with E-state index in [-0.39, 0.29) is 11.3 Å². The Kier molecular flexibility index (Phi) is 5.73. The van der Waals surface area contributed by atoms with E-state index in [0.717, 1.165) is 5.56 Å². The highest BCUT2D eigenvalue weighted by Crippen LogP contribution is 2.40. The van der Waals surface area contributed by atoms with Crippen LogP contribution in [0.15, 0.2) is 60.7 Å². The summed E-state index contributed by atoms with van der Waals surface area (Å²) >= 11 is 0. The molecule has 0 bridgehead atoms. The van der Waals surface area contributed by atoms with Gasteiger partial charge in [-0.3, -0.25) is 9.59 Å². The second kappa shape index (κ2) is 8.22. The first-order valence-corrected chi connectivity index (χ1v) is 9.12. The summed E-state index contributed by atoms with van der Waals surface area (Å²) in [6.45, 7) is 5.82. The van der Waals surface area contributed by atoms with Crippen LogP contribution in [0.2, 0.25) is 0 Å². The molecule has 1 atom stereocenters. The molecule has 1 fully saturated rings. The monoisotopic (exact) mass is 393 g/mol. The van der Waals surface area contributed by atoms with E-state index in [1.165, 1.54) is 19.1 Å². The summed E-state index contributed by atoms with van der Waals surface area (Å²) in [5, 5.41) is 11.1. The van der Waals surface area contributed by atoms with E-state index in [2.05, 4.69) is 6.58 Å². The van der Waals surface area contributed by atoms with Crippen LogP contribution >= 0.6 is 0 Å². The van der Waals surface area contributed by atoms with Crippen molar-refractivity contribution < 1.29 is 24.2 Å². The number of likely N-dealkylation sites (tertiary alicyclic amines) is 1. The van der Waals surface area contributed by atoms with Gasteiger partial charge in [-0.25, -0.2) is 0 Å². The number of aliphatic hydroxyl groups is 1. The van der Waals surface area contributed by atoms with E-state index < -0.39 is 17.7 Å². The molecule has 0 saturated carbocycles. The smallest absolute Gasteiger partial charge is 0.295 e. The number of hydrogen-bond acceptors (Lipinski definition) is 5. The van der Waals surface area contributed by atoms with E-state index >= 15 is 0 Å². The van der Waals surface area contributed by atoms with Gasteiger partial charge in [0.1, 0.15) is 23.9 Å². The molecule has 1 amide bonds. The molecule has 0 aromatic heterocycles. The molecule has 29 heavy (non-hydrogen) atoms. The number of benzene rings is 2. The zero-order valence-corrected chi connectivity index (χ0v) is 16.6. The van der Waals surface area contributed by atoms with Crippen molar-refractivity contribution in [1.82, 2.24) is 4.90 Å². The molecule has 150 valence electrons. The molecule has 0 spiro atoms. The third-order valence-corrected chi connectivity index (χ3v) is 4.83. The summed E-state index contributed by atoms with van der Waals surface area (Å²) in [7, 11) is 3.02. The molecule has 1 aliphatic rings. The van der Waals surface area contributed by atoms with Gasteiger partial charge >= 0.3 is 0 Å². The summed E-state index contributed by atoms with van der Waals surface area (Å²) in [5.74, 6) is -0.695. The van der Waals surface area contributed by atoms with Crippen molar-refractivity contribution in [3.8, 4) is 11.5 Å². The number of ether oxygens (including phenoxy) is 2. The minimum absolute atomic E-state index is 0.0160. The lowest BCUT2D eigenvalue weighted by Gasteiger charge is -2.22. The standard InChI is InChI=1S/C23H23NO5/c1-5-11-29-16-8-6-7-15(13-16)20-19(22(26)23(27)24(20)3)21(25)17-12-14(2)9-10-18(17)28-4/h5-10,12-13,20,25H,1,11H2,2-4H3/b21-19+. The van der Waals surface area contributed by atoms with Crippen LogP contribution < -0.4 is 9.47 Å². The molecule has 1 N–H and O–H groups in total. The number of nitrogens with zero attached hydrogens (tertiary/aromatic N) is 1. The Balaban J connectivity index is 2.17. The first-order valence-electron chi connectivity index (χ1n) is 9.12.